The average molecular weight is 378 g/mol. The smallest absolute Gasteiger partial charge is 0.233 e. The van der Waals surface area contributed by atoms with Gasteiger partial charge < -0.3 is 5.32 Å². The van der Waals surface area contributed by atoms with Crippen LogP contribution < -0.4 is 5.32 Å². The first-order chi connectivity index (χ1) is 12.6. The SMILES string of the molecule is CCCCCc1nnc(NC(=O)CCN2C(=O)[C@H]3CCCC[C@@H]3C2=O)s1. The Balaban J connectivity index is 1.47. The lowest BCUT2D eigenvalue weighted by molar-refractivity contribution is -0.140. The third-order valence-electron chi connectivity index (χ3n) is 5.20. The molecule has 0 bridgehead atoms. The summed E-state index contributed by atoms with van der Waals surface area (Å²) in [6.07, 6.45) is 7.95. The number of aryl methyl sites for hydroxylation is 1. The molecule has 3 rings (SSSR count). The summed E-state index contributed by atoms with van der Waals surface area (Å²) in [5, 5.41) is 12.2. The number of carbonyl (C=O) groups excluding carboxylic acids is 3. The number of hydrogen-bond acceptors (Lipinski definition) is 6. The van der Waals surface area contributed by atoms with Crippen LogP contribution in [-0.4, -0.2) is 39.4 Å². The number of amides is 3. The predicted molar refractivity (Wildman–Crippen MR) is 98.6 cm³/mol. The predicted octanol–water partition coefficient (Wildman–Crippen LogP) is 2.77. The zero-order chi connectivity index (χ0) is 18.5. The first kappa shape index (κ1) is 18.9. The highest BCUT2D eigenvalue weighted by Gasteiger charge is 2.47. The van der Waals surface area contributed by atoms with Gasteiger partial charge in [0.15, 0.2) is 0 Å². The van der Waals surface area contributed by atoms with Gasteiger partial charge in [0, 0.05) is 19.4 Å². The standard InChI is InChI=1S/C18H26N4O3S/c1-2-3-4-9-15-20-21-18(26-15)19-14(23)10-11-22-16(24)12-7-5-6-8-13(12)17(22)25/h12-13H,2-11H2,1H3,(H,19,21,23)/t12-,13-/m0/s1. The molecule has 142 valence electrons. The van der Waals surface area contributed by atoms with Crippen molar-refractivity contribution in [1.82, 2.24) is 15.1 Å². The van der Waals surface area contributed by atoms with Gasteiger partial charge in [-0.2, -0.15) is 0 Å². The molecule has 2 heterocycles. The van der Waals surface area contributed by atoms with Gasteiger partial charge in [0.05, 0.1) is 11.8 Å². The maximum absolute atomic E-state index is 12.4. The van der Waals surface area contributed by atoms with Gasteiger partial charge in [-0.05, 0) is 19.3 Å². The Kier molecular flexibility index (Phi) is 6.34. The van der Waals surface area contributed by atoms with Gasteiger partial charge in [-0.25, -0.2) is 0 Å². The maximum atomic E-state index is 12.4. The molecule has 1 aliphatic heterocycles. The van der Waals surface area contributed by atoms with Gasteiger partial charge in [-0.3, -0.25) is 19.3 Å². The van der Waals surface area contributed by atoms with E-state index in [1.165, 1.54) is 16.2 Å². The summed E-state index contributed by atoms with van der Waals surface area (Å²) < 4.78 is 0. The van der Waals surface area contributed by atoms with E-state index in [0.29, 0.717) is 5.13 Å². The molecule has 1 aromatic heterocycles. The van der Waals surface area contributed by atoms with Gasteiger partial charge in [0.25, 0.3) is 0 Å². The Morgan fingerprint density at radius 2 is 1.85 bits per heavy atom. The van der Waals surface area contributed by atoms with Crippen LogP contribution in [0.4, 0.5) is 5.13 Å². The largest absolute Gasteiger partial charge is 0.300 e. The van der Waals surface area contributed by atoms with Gasteiger partial charge >= 0.3 is 0 Å². The highest BCUT2D eigenvalue weighted by molar-refractivity contribution is 7.15. The number of nitrogens with zero attached hydrogens (tertiary/aromatic N) is 3. The molecule has 1 aromatic rings. The van der Waals surface area contributed by atoms with Crippen molar-refractivity contribution in [3.05, 3.63) is 5.01 Å². The third-order valence-corrected chi connectivity index (χ3v) is 6.10. The lowest BCUT2D eigenvalue weighted by atomic mass is 9.81. The molecule has 1 aliphatic carbocycles. The molecule has 3 amide bonds. The molecular formula is C18H26N4O3S. The second-order valence-electron chi connectivity index (χ2n) is 7.08. The van der Waals surface area contributed by atoms with Crippen LogP contribution in [0.25, 0.3) is 0 Å². The van der Waals surface area contributed by atoms with Crippen molar-refractivity contribution in [3.63, 3.8) is 0 Å². The summed E-state index contributed by atoms with van der Waals surface area (Å²) in [4.78, 5) is 38.2. The minimum atomic E-state index is -0.239. The molecule has 2 atom stereocenters. The van der Waals surface area contributed by atoms with Crippen LogP contribution in [-0.2, 0) is 20.8 Å². The van der Waals surface area contributed by atoms with Crippen molar-refractivity contribution >= 4 is 34.2 Å². The van der Waals surface area contributed by atoms with E-state index in [-0.39, 0.29) is 42.5 Å². The molecule has 26 heavy (non-hydrogen) atoms. The second kappa shape index (κ2) is 8.70. The molecule has 0 aromatic carbocycles. The summed E-state index contributed by atoms with van der Waals surface area (Å²) in [5.74, 6) is -0.749. The van der Waals surface area contributed by atoms with E-state index in [0.717, 1.165) is 56.4 Å². The van der Waals surface area contributed by atoms with Crippen molar-refractivity contribution in [3.8, 4) is 0 Å². The number of likely N-dealkylation sites (tertiary alicyclic amines) is 1. The third kappa shape index (κ3) is 4.28. The lowest BCUT2D eigenvalue weighted by Crippen LogP contribution is -2.34. The highest BCUT2D eigenvalue weighted by Crippen LogP contribution is 2.37. The van der Waals surface area contributed by atoms with E-state index >= 15 is 0 Å². The number of anilines is 1. The molecule has 2 aliphatic rings. The number of unbranched alkanes of at least 4 members (excludes halogenated alkanes) is 2. The fourth-order valence-corrected chi connectivity index (χ4v) is 4.58. The fraction of sp³-hybridized carbons (Fsp3) is 0.722. The van der Waals surface area contributed by atoms with Gasteiger partial charge in [-0.15, -0.1) is 10.2 Å². The zero-order valence-electron chi connectivity index (χ0n) is 15.2. The minimum Gasteiger partial charge on any atom is -0.300 e. The normalized spacial score (nSPS) is 22.6. The Hall–Kier alpha value is -1.83. The van der Waals surface area contributed by atoms with E-state index in [4.69, 9.17) is 0 Å². The number of hydrogen-bond donors (Lipinski definition) is 1. The molecular weight excluding hydrogens is 352 g/mol. The van der Waals surface area contributed by atoms with E-state index < -0.39 is 0 Å². The molecule has 7 nitrogen and oxygen atoms in total. The van der Waals surface area contributed by atoms with Crippen LogP contribution in [0.3, 0.4) is 0 Å². The first-order valence-corrected chi connectivity index (χ1v) is 10.4. The Morgan fingerprint density at radius 1 is 1.15 bits per heavy atom. The van der Waals surface area contributed by atoms with Gasteiger partial charge in [-0.1, -0.05) is 43.9 Å². The van der Waals surface area contributed by atoms with Crippen molar-refractivity contribution in [2.45, 2.75) is 64.7 Å². The number of rotatable bonds is 8. The number of imide groups is 1. The summed E-state index contributed by atoms with van der Waals surface area (Å²) in [7, 11) is 0. The van der Waals surface area contributed by atoms with Crippen LogP contribution >= 0.6 is 11.3 Å². The average Bonchev–Trinajstić information content (AvgIpc) is 3.17. The topological polar surface area (TPSA) is 92.3 Å². The molecule has 1 N–H and O–H groups in total. The zero-order valence-corrected chi connectivity index (χ0v) is 16.0. The molecule has 0 radical (unpaired) electrons. The highest BCUT2D eigenvalue weighted by atomic mass is 32.1. The first-order valence-electron chi connectivity index (χ1n) is 9.57. The minimum absolute atomic E-state index is 0.0957. The van der Waals surface area contributed by atoms with E-state index in [2.05, 4.69) is 22.4 Å². The molecule has 1 saturated carbocycles. The fourth-order valence-electron chi connectivity index (χ4n) is 3.78. The van der Waals surface area contributed by atoms with Gasteiger partial charge in [0.1, 0.15) is 5.01 Å². The van der Waals surface area contributed by atoms with Crippen LogP contribution in [0.1, 0.15) is 63.3 Å². The van der Waals surface area contributed by atoms with Crippen molar-refractivity contribution in [1.29, 1.82) is 0 Å². The van der Waals surface area contributed by atoms with Crippen molar-refractivity contribution in [2.24, 2.45) is 11.8 Å². The summed E-state index contributed by atoms with van der Waals surface area (Å²) in [6, 6.07) is 0. The van der Waals surface area contributed by atoms with Crippen molar-refractivity contribution < 1.29 is 14.4 Å². The van der Waals surface area contributed by atoms with Crippen LogP contribution in [0, 0.1) is 11.8 Å². The molecule has 0 unspecified atom stereocenters. The van der Waals surface area contributed by atoms with Crippen LogP contribution in [0.5, 0.6) is 0 Å². The van der Waals surface area contributed by atoms with Gasteiger partial charge in [0.2, 0.25) is 22.9 Å². The Bertz CT molecular complexity index is 651. The Labute approximate surface area is 157 Å². The maximum Gasteiger partial charge on any atom is 0.233 e. The molecule has 0 spiro atoms. The molecule has 2 fully saturated rings. The number of nitrogens with one attached hydrogen (secondary N) is 1. The van der Waals surface area contributed by atoms with E-state index in [1.807, 2.05) is 0 Å². The van der Waals surface area contributed by atoms with E-state index in [1.54, 1.807) is 0 Å². The monoisotopic (exact) mass is 378 g/mol. The summed E-state index contributed by atoms with van der Waals surface area (Å²) in [6.45, 7) is 2.30. The summed E-state index contributed by atoms with van der Waals surface area (Å²) in [5.41, 5.74) is 0. The second-order valence-corrected chi connectivity index (χ2v) is 8.14. The number of carbonyl (C=O) groups is 3. The Morgan fingerprint density at radius 3 is 2.50 bits per heavy atom. The quantitative estimate of drug-likeness (QED) is 0.555. The van der Waals surface area contributed by atoms with Crippen LogP contribution in [0.15, 0.2) is 0 Å². The number of fused-ring (bicyclic) bond motifs is 1. The molecule has 8 heteroatoms. The molecule has 1 saturated heterocycles. The van der Waals surface area contributed by atoms with Crippen LogP contribution in [0.2, 0.25) is 0 Å². The van der Waals surface area contributed by atoms with Crippen molar-refractivity contribution in [2.75, 3.05) is 11.9 Å². The lowest BCUT2D eigenvalue weighted by Gasteiger charge is -2.19. The summed E-state index contributed by atoms with van der Waals surface area (Å²) >= 11 is 1.39. The van der Waals surface area contributed by atoms with E-state index in [9.17, 15) is 14.4 Å². The number of aromatic nitrogens is 2.